The van der Waals surface area contributed by atoms with Crippen molar-refractivity contribution >= 4 is 5.69 Å². The number of ether oxygens (including phenoxy) is 1. The number of nitrogens with one attached hydrogen (secondary N) is 2. The molecule has 134 valence electrons. The van der Waals surface area contributed by atoms with Crippen LogP contribution in [-0.4, -0.2) is 44.2 Å². The first kappa shape index (κ1) is 17.8. The molecule has 0 aliphatic carbocycles. The number of hydrogen-bond donors (Lipinski definition) is 2. The van der Waals surface area contributed by atoms with E-state index in [2.05, 4.69) is 71.0 Å². The average molecular weight is 339 g/mol. The third kappa shape index (κ3) is 5.21. The predicted molar refractivity (Wildman–Crippen MR) is 104 cm³/mol. The number of hydrogen-bond acceptors (Lipinski definition) is 4. The summed E-state index contributed by atoms with van der Waals surface area (Å²) in [5.74, 6) is 0.919. The van der Waals surface area contributed by atoms with Crippen molar-refractivity contribution in [1.82, 2.24) is 10.2 Å². The van der Waals surface area contributed by atoms with E-state index in [1.165, 1.54) is 11.1 Å². The van der Waals surface area contributed by atoms with E-state index in [9.17, 15) is 0 Å². The van der Waals surface area contributed by atoms with Gasteiger partial charge in [0.25, 0.3) is 0 Å². The molecule has 1 atom stereocenters. The van der Waals surface area contributed by atoms with Crippen LogP contribution in [0.1, 0.15) is 17.5 Å². The van der Waals surface area contributed by atoms with E-state index in [4.69, 9.17) is 4.74 Å². The van der Waals surface area contributed by atoms with Gasteiger partial charge in [-0.1, -0.05) is 36.4 Å². The van der Waals surface area contributed by atoms with E-state index in [0.29, 0.717) is 6.04 Å². The van der Waals surface area contributed by atoms with Crippen molar-refractivity contribution < 1.29 is 4.74 Å². The van der Waals surface area contributed by atoms with Crippen molar-refractivity contribution in [3.8, 4) is 5.75 Å². The minimum absolute atomic E-state index is 0.529. The van der Waals surface area contributed by atoms with Crippen molar-refractivity contribution in [3.05, 3.63) is 59.7 Å². The van der Waals surface area contributed by atoms with Gasteiger partial charge in [-0.15, -0.1) is 0 Å². The molecule has 0 aromatic heterocycles. The van der Waals surface area contributed by atoms with E-state index < -0.39 is 0 Å². The molecule has 0 amide bonds. The van der Waals surface area contributed by atoms with Crippen LogP contribution in [0.3, 0.4) is 0 Å². The number of nitrogens with zero attached hydrogens (tertiary/aromatic N) is 1. The maximum Gasteiger partial charge on any atom is 0.142 e. The average Bonchev–Trinajstić information content (AvgIpc) is 2.64. The van der Waals surface area contributed by atoms with Crippen LogP contribution in [0, 0.1) is 6.92 Å². The van der Waals surface area contributed by atoms with Crippen molar-refractivity contribution in [2.75, 3.05) is 38.6 Å². The molecule has 2 N–H and O–H groups in total. The molecule has 3 rings (SSSR count). The van der Waals surface area contributed by atoms with Gasteiger partial charge in [-0.05, 0) is 36.6 Å². The third-order valence-corrected chi connectivity index (χ3v) is 4.75. The predicted octanol–water partition coefficient (Wildman–Crippen LogP) is 3.28. The largest absolute Gasteiger partial charge is 0.495 e. The summed E-state index contributed by atoms with van der Waals surface area (Å²) < 4.78 is 5.47. The lowest BCUT2D eigenvalue weighted by Crippen LogP contribution is -2.50. The molecule has 0 unspecified atom stereocenters. The second kappa shape index (κ2) is 8.88. The highest BCUT2D eigenvalue weighted by atomic mass is 16.5. The molecular formula is C21H29N3O. The summed E-state index contributed by atoms with van der Waals surface area (Å²) in [5.41, 5.74) is 3.68. The molecule has 0 saturated carbocycles. The minimum atomic E-state index is 0.529. The lowest BCUT2D eigenvalue weighted by molar-refractivity contribution is 0.189. The highest BCUT2D eigenvalue weighted by Crippen LogP contribution is 2.25. The van der Waals surface area contributed by atoms with Gasteiger partial charge in [-0.25, -0.2) is 0 Å². The van der Waals surface area contributed by atoms with Crippen molar-refractivity contribution in [2.24, 2.45) is 0 Å². The van der Waals surface area contributed by atoms with Crippen molar-refractivity contribution in [3.63, 3.8) is 0 Å². The first-order chi connectivity index (χ1) is 12.2. The monoisotopic (exact) mass is 339 g/mol. The second-order valence-corrected chi connectivity index (χ2v) is 6.79. The molecule has 4 heteroatoms. The molecule has 2 aromatic carbocycles. The van der Waals surface area contributed by atoms with Crippen LogP contribution in [0.2, 0.25) is 0 Å². The maximum absolute atomic E-state index is 5.47. The van der Waals surface area contributed by atoms with Gasteiger partial charge in [0.2, 0.25) is 0 Å². The molecule has 25 heavy (non-hydrogen) atoms. The molecule has 1 fully saturated rings. The Hall–Kier alpha value is -2.04. The first-order valence-corrected chi connectivity index (χ1v) is 9.13. The lowest BCUT2D eigenvalue weighted by atomic mass is 10.1. The van der Waals surface area contributed by atoms with Crippen LogP contribution in [0.4, 0.5) is 5.69 Å². The molecule has 1 saturated heterocycles. The smallest absolute Gasteiger partial charge is 0.142 e. The summed E-state index contributed by atoms with van der Waals surface area (Å²) in [6.45, 7) is 7.34. The Morgan fingerprint density at radius 1 is 1.20 bits per heavy atom. The summed E-state index contributed by atoms with van der Waals surface area (Å²) in [6.07, 6.45) is 1.10. The van der Waals surface area contributed by atoms with Gasteiger partial charge in [0, 0.05) is 38.8 Å². The molecule has 0 radical (unpaired) electrons. The van der Waals surface area contributed by atoms with Crippen LogP contribution in [0.5, 0.6) is 5.75 Å². The van der Waals surface area contributed by atoms with Crippen molar-refractivity contribution in [1.29, 1.82) is 0 Å². The number of piperazine rings is 1. The van der Waals surface area contributed by atoms with Gasteiger partial charge in [0.15, 0.2) is 0 Å². The number of anilines is 1. The number of rotatable bonds is 7. The number of aryl methyl sites for hydroxylation is 1. The van der Waals surface area contributed by atoms with Gasteiger partial charge < -0.3 is 15.4 Å². The van der Waals surface area contributed by atoms with Gasteiger partial charge in [0.1, 0.15) is 5.75 Å². The summed E-state index contributed by atoms with van der Waals surface area (Å²) in [5, 5.41) is 7.17. The minimum Gasteiger partial charge on any atom is -0.495 e. The Morgan fingerprint density at radius 2 is 2.04 bits per heavy atom. The van der Waals surface area contributed by atoms with E-state index in [1.807, 2.05) is 0 Å². The standard InChI is InChI=1S/C21H29N3O/c1-17-8-9-20(21(14-17)25-2)23-11-10-19-16-24(13-12-22-19)15-18-6-4-3-5-7-18/h3-9,14,19,22-23H,10-13,15-16H2,1-2H3/t19-/m1/s1. The molecular weight excluding hydrogens is 310 g/mol. The summed E-state index contributed by atoms with van der Waals surface area (Å²) >= 11 is 0. The zero-order valence-electron chi connectivity index (χ0n) is 15.3. The lowest BCUT2D eigenvalue weighted by Gasteiger charge is -2.34. The quantitative estimate of drug-likeness (QED) is 0.812. The van der Waals surface area contributed by atoms with Gasteiger partial charge >= 0.3 is 0 Å². The molecule has 0 spiro atoms. The third-order valence-electron chi connectivity index (χ3n) is 4.75. The van der Waals surface area contributed by atoms with E-state index >= 15 is 0 Å². The molecule has 0 bridgehead atoms. The fourth-order valence-electron chi connectivity index (χ4n) is 3.40. The van der Waals surface area contributed by atoms with Gasteiger partial charge in [-0.3, -0.25) is 4.90 Å². The zero-order valence-corrected chi connectivity index (χ0v) is 15.3. The normalized spacial score (nSPS) is 18.1. The van der Waals surface area contributed by atoms with Crippen LogP contribution in [-0.2, 0) is 6.54 Å². The molecule has 1 aliphatic heterocycles. The highest BCUT2D eigenvalue weighted by Gasteiger charge is 2.19. The highest BCUT2D eigenvalue weighted by molar-refractivity contribution is 5.57. The number of methoxy groups -OCH3 is 1. The Morgan fingerprint density at radius 3 is 2.84 bits per heavy atom. The van der Waals surface area contributed by atoms with Gasteiger partial charge in [0.05, 0.1) is 12.8 Å². The Balaban J connectivity index is 1.47. The Bertz CT molecular complexity index is 659. The second-order valence-electron chi connectivity index (χ2n) is 6.79. The van der Waals surface area contributed by atoms with Crippen LogP contribution in [0.25, 0.3) is 0 Å². The first-order valence-electron chi connectivity index (χ1n) is 9.13. The summed E-state index contributed by atoms with van der Waals surface area (Å²) in [6, 6.07) is 17.6. The fraction of sp³-hybridized carbons (Fsp3) is 0.429. The Kier molecular flexibility index (Phi) is 6.31. The topological polar surface area (TPSA) is 36.5 Å². The van der Waals surface area contributed by atoms with Crippen molar-refractivity contribution in [2.45, 2.75) is 25.9 Å². The zero-order chi connectivity index (χ0) is 17.5. The van der Waals surface area contributed by atoms with E-state index in [1.54, 1.807) is 7.11 Å². The molecule has 4 nitrogen and oxygen atoms in total. The molecule has 1 heterocycles. The van der Waals surface area contributed by atoms with Crippen LogP contribution < -0.4 is 15.4 Å². The summed E-state index contributed by atoms with van der Waals surface area (Å²) in [7, 11) is 1.73. The van der Waals surface area contributed by atoms with Crippen LogP contribution in [0.15, 0.2) is 48.5 Å². The fourth-order valence-corrected chi connectivity index (χ4v) is 3.40. The summed E-state index contributed by atoms with van der Waals surface area (Å²) in [4.78, 5) is 2.54. The molecule has 2 aromatic rings. The SMILES string of the molecule is COc1cc(C)ccc1NCC[C@@H]1CN(Cc2ccccc2)CCN1. The molecule has 1 aliphatic rings. The van der Waals surface area contributed by atoms with E-state index in [-0.39, 0.29) is 0 Å². The van der Waals surface area contributed by atoms with E-state index in [0.717, 1.165) is 50.6 Å². The maximum atomic E-state index is 5.47. The number of benzene rings is 2. The van der Waals surface area contributed by atoms with Gasteiger partial charge in [-0.2, -0.15) is 0 Å². The van der Waals surface area contributed by atoms with Crippen LogP contribution >= 0.6 is 0 Å². The Labute approximate surface area is 151 Å².